The van der Waals surface area contributed by atoms with Gasteiger partial charge in [-0.05, 0) is 6.42 Å². The van der Waals surface area contributed by atoms with Crippen LogP contribution in [0.3, 0.4) is 0 Å². The highest BCUT2D eigenvalue weighted by Gasteiger charge is 2.05. The smallest absolute Gasteiger partial charge is 0.438 e. The molecule has 16 heavy (non-hydrogen) atoms. The highest BCUT2D eigenvalue weighted by atomic mass is 16.7. The van der Waals surface area contributed by atoms with E-state index >= 15 is 0 Å². The summed E-state index contributed by atoms with van der Waals surface area (Å²) < 4.78 is 8.08. The zero-order chi connectivity index (χ0) is 12.4. The minimum Gasteiger partial charge on any atom is -0.438 e. The van der Waals surface area contributed by atoms with Gasteiger partial charge in [0.1, 0.15) is 0 Å². The summed E-state index contributed by atoms with van der Waals surface area (Å²) in [6.07, 6.45) is 6.22. The lowest BCUT2D eigenvalue weighted by Crippen LogP contribution is -2.23. The number of carbonyl (C=O) groups excluding carboxylic acids is 1. The molecule has 0 aliphatic carbocycles. The maximum atomic E-state index is 9.74. The summed E-state index contributed by atoms with van der Waals surface area (Å²) in [7, 11) is 4.61. The summed E-state index contributed by atoms with van der Waals surface area (Å²) in [5.74, 6) is 0. The van der Waals surface area contributed by atoms with Crippen LogP contribution in [0.4, 0.5) is 4.79 Å². The monoisotopic (exact) mass is 230 g/mol. The van der Waals surface area contributed by atoms with Crippen LogP contribution in [0.1, 0.15) is 19.8 Å². The second-order valence-electron chi connectivity index (χ2n) is 3.52. The molecule has 0 aromatic carbocycles. The van der Waals surface area contributed by atoms with Crippen LogP contribution < -0.4 is 0 Å². The van der Waals surface area contributed by atoms with E-state index in [9.17, 15) is 4.79 Å². The van der Waals surface area contributed by atoms with Crippen molar-refractivity contribution >= 4 is 6.16 Å². The first-order valence-corrected chi connectivity index (χ1v) is 5.38. The highest BCUT2D eigenvalue weighted by Crippen LogP contribution is 2.04. The van der Waals surface area contributed by atoms with Crippen molar-refractivity contribution in [1.29, 1.82) is 0 Å². The van der Waals surface area contributed by atoms with Gasteiger partial charge in [-0.15, -0.1) is 0 Å². The van der Waals surface area contributed by atoms with Gasteiger partial charge in [-0.25, -0.2) is 4.79 Å². The van der Waals surface area contributed by atoms with E-state index in [-0.39, 0.29) is 0 Å². The molecule has 0 saturated heterocycles. The van der Waals surface area contributed by atoms with Crippen molar-refractivity contribution < 1.29 is 14.3 Å². The molecular formula is C11H22N2O3. The Hall–Kier alpha value is -1.39. The molecule has 0 N–H and O–H groups in total. The van der Waals surface area contributed by atoms with Crippen LogP contribution in [-0.4, -0.2) is 50.4 Å². The fourth-order valence-corrected chi connectivity index (χ4v) is 1.18. The first kappa shape index (κ1) is 14.6. The largest absolute Gasteiger partial charge is 0.507 e. The van der Waals surface area contributed by atoms with Crippen molar-refractivity contribution in [3.63, 3.8) is 0 Å². The van der Waals surface area contributed by atoms with E-state index in [0.29, 0.717) is 0 Å². The fourth-order valence-electron chi connectivity index (χ4n) is 1.18. The highest BCUT2D eigenvalue weighted by molar-refractivity contribution is 5.59. The fraction of sp³-hybridized carbons (Fsp3) is 0.727. The predicted octanol–water partition coefficient (Wildman–Crippen LogP) is 1.86. The molecule has 94 valence electrons. The van der Waals surface area contributed by atoms with Crippen LogP contribution in [0.25, 0.3) is 0 Å². The molecule has 0 spiro atoms. The van der Waals surface area contributed by atoms with E-state index in [0.717, 1.165) is 6.67 Å². The first-order valence-electron chi connectivity index (χ1n) is 5.38. The lowest BCUT2D eigenvalue weighted by atomic mass is 10.3. The molecule has 0 fully saturated rings. The molecule has 0 aromatic rings. The number of methoxy groups -OCH3 is 2. The van der Waals surface area contributed by atoms with Gasteiger partial charge in [0, 0.05) is 26.0 Å². The maximum absolute atomic E-state index is 9.74. The molecule has 0 atom stereocenters. The summed E-state index contributed by atoms with van der Waals surface area (Å²) in [4.78, 5) is 14.3. The molecule has 1 aliphatic rings. The second-order valence-corrected chi connectivity index (χ2v) is 3.52. The molecule has 1 aliphatic heterocycles. The van der Waals surface area contributed by atoms with Crippen LogP contribution in [-0.2, 0) is 9.47 Å². The zero-order valence-electron chi connectivity index (χ0n) is 10.6. The van der Waals surface area contributed by atoms with Gasteiger partial charge in [0.25, 0.3) is 0 Å². The first-order chi connectivity index (χ1) is 7.63. The molecule has 5 nitrogen and oxygen atoms in total. The minimum absolute atomic E-state index is 0.657. The standard InChI is InChI=1S/C8H16N2.C3H6O3/c1-3-4-5-10-7-6-9(2)8-10;1-5-3(4)6-2/h6-7H,3-5,8H2,1-2H3;1-2H3. The van der Waals surface area contributed by atoms with Gasteiger partial charge in [-0.2, -0.15) is 0 Å². The second kappa shape index (κ2) is 8.88. The van der Waals surface area contributed by atoms with Crippen LogP contribution in [0.5, 0.6) is 0 Å². The van der Waals surface area contributed by atoms with Crippen molar-refractivity contribution in [2.45, 2.75) is 19.8 Å². The number of hydrogen-bond acceptors (Lipinski definition) is 5. The number of ether oxygens (including phenoxy) is 2. The van der Waals surface area contributed by atoms with Crippen LogP contribution >= 0.6 is 0 Å². The summed E-state index contributed by atoms with van der Waals surface area (Å²) >= 11 is 0. The van der Waals surface area contributed by atoms with E-state index < -0.39 is 6.16 Å². The van der Waals surface area contributed by atoms with Crippen molar-refractivity contribution in [2.75, 3.05) is 34.5 Å². The van der Waals surface area contributed by atoms with Crippen molar-refractivity contribution in [3.05, 3.63) is 12.4 Å². The Bertz CT molecular complexity index is 213. The van der Waals surface area contributed by atoms with Gasteiger partial charge in [-0.3, -0.25) is 0 Å². The number of unbranched alkanes of at least 4 members (excludes halogenated alkanes) is 1. The van der Waals surface area contributed by atoms with E-state index in [1.807, 2.05) is 0 Å². The quantitative estimate of drug-likeness (QED) is 0.692. The number of rotatable bonds is 3. The molecule has 5 heteroatoms. The number of carbonyl (C=O) groups is 1. The van der Waals surface area contributed by atoms with Crippen LogP contribution in [0.15, 0.2) is 12.4 Å². The minimum atomic E-state index is -0.657. The van der Waals surface area contributed by atoms with Crippen LogP contribution in [0.2, 0.25) is 0 Å². The molecule has 0 aromatic heterocycles. The molecular weight excluding hydrogens is 208 g/mol. The third kappa shape index (κ3) is 6.98. The number of hydrogen-bond donors (Lipinski definition) is 0. The Balaban J connectivity index is 0.000000325. The Kier molecular flexibility index (Phi) is 8.11. The Labute approximate surface area is 97.6 Å². The average Bonchev–Trinajstić information content (AvgIpc) is 2.72. The number of nitrogens with zero attached hydrogens (tertiary/aromatic N) is 2. The van der Waals surface area contributed by atoms with Crippen LogP contribution in [0, 0.1) is 0 Å². The topological polar surface area (TPSA) is 42.0 Å². The molecule has 0 bridgehead atoms. The summed E-state index contributed by atoms with van der Waals surface area (Å²) in [5, 5.41) is 0. The summed E-state index contributed by atoms with van der Waals surface area (Å²) in [5.41, 5.74) is 0. The summed E-state index contributed by atoms with van der Waals surface area (Å²) in [6.45, 7) is 4.50. The SMILES string of the molecule is CCCCN1C=CN(C)C1.COC(=O)OC. The summed E-state index contributed by atoms with van der Waals surface area (Å²) in [6, 6.07) is 0. The van der Waals surface area contributed by atoms with E-state index in [2.05, 4.69) is 45.6 Å². The molecule has 1 heterocycles. The Morgan fingerprint density at radius 1 is 1.31 bits per heavy atom. The van der Waals surface area contributed by atoms with Gasteiger partial charge < -0.3 is 19.3 Å². The van der Waals surface area contributed by atoms with Gasteiger partial charge >= 0.3 is 6.16 Å². The van der Waals surface area contributed by atoms with Gasteiger partial charge in [0.15, 0.2) is 0 Å². The predicted molar refractivity (Wildman–Crippen MR) is 62.8 cm³/mol. The van der Waals surface area contributed by atoms with Gasteiger partial charge in [-0.1, -0.05) is 13.3 Å². The maximum Gasteiger partial charge on any atom is 0.507 e. The molecule has 0 unspecified atom stereocenters. The Morgan fingerprint density at radius 3 is 2.25 bits per heavy atom. The third-order valence-electron chi connectivity index (χ3n) is 2.07. The zero-order valence-corrected chi connectivity index (χ0v) is 10.6. The van der Waals surface area contributed by atoms with Crippen molar-refractivity contribution in [3.8, 4) is 0 Å². The van der Waals surface area contributed by atoms with Gasteiger partial charge in [0.2, 0.25) is 0 Å². The van der Waals surface area contributed by atoms with Crippen molar-refractivity contribution in [2.24, 2.45) is 0 Å². The van der Waals surface area contributed by atoms with E-state index in [1.54, 1.807) is 0 Å². The molecule has 0 saturated carbocycles. The van der Waals surface area contributed by atoms with E-state index in [4.69, 9.17) is 0 Å². The van der Waals surface area contributed by atoms with Gasteiger partial charge in [0.05, 0.1) is 20.9 Å². The normalized spacial score (nSPS) is 13.2. The lowest BCUT2D eigenvalue weighted by molar-refractivity contribution is 0.0924. The Morgan fingerprint density at radius 2 is 1.94 bits per heavy atom. The average molecular weight is 230 g/mol. The van der Waals surface area contributed by atoms with E-state index in [1.165, 1.54) is 33.6 Å². The van der Waals surface area contributed by atoms with Crippen molar-refractivity contribution in [1.82, 2.24) is 9.80 Å². The molecule has 0 amide bonds. The lowest BCUT2D eigenvalue weighted by Gasteiger charge is -2.17. The third-order valence-corrected chi connectivity index (χ3v) is 2.07. The molecule has 1 rings (SSSR count). The molecule has 0 radical (unpaired) electrons.